The molecule has 0 aliphatic carbocycles. The molecule has 0 spiro atoms. The van der Waals surface area contributed by atoms with E-state index in [1.807, 2.05) is 12.5 Å². The van der Waals surface area contributed by atoms with Gasteiger partial charge in [-0.2, -0.15) is 0 Å². The summed E-state index contributed by atoms with van der Waals surface area (Å²) in [5.74, 6) is 0. The molecule has 0 atom stereocenters. The number of benzene rings is 1. The summed E-state index contributed by atoms with van der Waals surface area (Å²) in [7, 11) is 0. The normalized spacial score (nSPS) is 11.3. The summed E-state index contributed by atoms with van der Waals surface area (Å²) in [4.78, 5) is 4.02. The molecule has 0 bridgehead atoms. The second-order valence-electron chi connectivity index (χ2n) is 6.71. The Bertz CT molecular complexity index is 597. The van der Waals surface area contributed by atoms with Crippen molar-refractivity contribution in [1.82, 2.24) is 20.2 Å². The lowest BCUT2D eigenvalue weighted by atomic mass is 9.87. The molecular weight excluding hydrogens is 304 g/mol. The average molecular weight is 331 g/mol. The van der Waals surface area contributed by atoms with Crippen LogP contribution in [-0.2, 0) is 18.5 Å². The van der Waals surface area contributed by atoms with Crippen LogP contribution in [0.5, 0.6) is 0 Å². The van der Waals surface area contributed by atoms with Crippen molar-refractivity contribution in [3.63, 3.8) is 0 Å². The van der Waals surface area contributed by atoms with E-state index in [9.17, 15) is 0 Å². The highest BCUT2D eigenvalue weighted by atomic mass is 32.1. The van der Waals surface area contributed by atoms with Gasteiger partial charge in [-0.1, -0.05) is 45.0 Å². The van der Waals surface area contributed by atoms with Crippen LogP contribution >= 0.6 is 12.2 Å². The number of nitrogens with one attached hydrogen (secondary N) is 2. The van der Waals surface area contributed by atoms with E-state index in [1.54, 1.807) is 6.20 Å². The molecule has 0 fully saturated rings. The van der Waals surface area contributed by atoms with E-state index in [0.29, 0.717) is 5.11 Å². The van der Waals surface area contributed by atoms with Crippen LogP contribution < -0.4 is 10.6 Å². The third-order valence-corrected chi connectivity index (χ3v) is 4.00. The predicted molar refractivity (Wildman–Crippen MR) is 99.4 cm³/mol. The smallest absolute Gasteiger partial charge is 0.166 e. The molecule has 1 aromatic heterocycles. The summed E-state index contributed by atoms with van der Waals surface area (Å²) < 4.78 is 2.06. The lowest BCUT2D eigenvalue weighted by Gasteiger charge is -2.19. The second kappa shape index (κ2) is 8.11. The van der Waals surface area contributed by atoms with Crippen LogP contribution in [0, 0.1) is 0 Å². The van der Waals surface area contributed by atoms with Crippen molar-refractivity contribution in [2.45, 2.75) is 45.7 Å². The zero-order chi connectivity index (χ0) is 16.7. The number of rotatable bonds is 6. The molecule has 2 aromatic rings. The molecule has 0 aliphatic rings. The maximum Gasteiger partial charge on any atom is 0.166 e. The highest BCUT2D eigenvalue weighted by Crippen LogP contribution is 2.22. The van der Waals surface area contributed by atoms with Crippen LogP contribution in [-0.4, -0.2) is 21.2 Å². The SMILES string of the molecule is CC(C)(C)c1ccc(CNC(=S)NCCCn2ccnc2)cc1. The van der Waals surface area contributed by atoms with E-state index in [2.05, 4.69) is 65.2 Å². The zero-order valence-electron chi connectivity index (χ0n) is 14.2. The van der Waals surface area contributed by atoms with Crippen LogP contribution in [0.1, 0.15) is 38.3 Å². The molecule has 1 heterocycles. The van der Waals surface area contributed by atoms with E-state index in [0.717, 1.165) is 26.1 Å². The summed E-state index contributed by atoms with van der Waals surface area (Å²) in [6, 6.07) is 8.71. The summed E-state index contributed by atoms with van der Waals surface area (Å²) in [6.07, 6.45) is 6.61. The molecule has 4 nitrogen and oxygen atoms in total. The lowest BCUT2D eigenvalue weighted by molar-refractivity contribution is 0.590. The third-order valence-electron chi connectivity index (χ3n) is 3.71. The van der Waals surface area contributed by atoms with Crippen LogP contribution in [0.15, 0.2) is 43.0 Å². The van der Waals surface area contributed by atoms with Gasteiger partial charge in [-0.05, 0) is 35.2 Å². The van der Waals surface area contributed by atoms with Crippen LogP contribution in [0.4, 0.5) is 0 Å². The Morgan fingerprint density at radius 3 is 2.52 bits per heavy atom. The Balaban J connectivity index is 1.66. The molecule has 0 radical (unpaired) electrons. The molecule has 1 aromatic carbocycles. The Morgan fingerprint density at radius 2 is 1.91 bits per heavy atom. The molecule has 0 saturated carbocycles. The first-order valence-electron chi connectivity index (χ1n) is 8.02. The van der Waals surface area contributed by atoms with Gasteiger partial charge < -0.3 is 15.2 Å². The van der Waals surface area contributed by atoms with E-state index in [4.69, 9.17) is 12.2 Å². The number of aromatic nitrogens is 2. The molecule has 2 N–H and O–H groups in total. The van der Waals surface area contributed by atoms with E-state index in [1.165, 1.54) is 11.1 Å². The number of imidazole rings is 1. The molecule has 2 rings (SSSR count). The lowest BCUT2D eigenvalue weighted by Crippen LogP contribution is -2.35. The van der Waals surface area contributed by atoms with Crippen molar-refractivity contribution < 1.29 is 0 Å². The molecular formula is C18H26N4S. The number of nitrogens with zero attached hydrogens (tertiary/aromatic N) is 2. The van der Waals surface area contributed by atoms with Crippen LogP contribution in [0.2, 0.25) is 0 Å². The van der Waals surface area contributed by atoms with E-state index < -0.39 is 0 Å². The Labute approximate surface area is 144 Å². The van der Waals surface area contributed by atoms with Crippen molar-refractivity contribution in [3.8, 4) is 0 Å². The minimum absolute atomic E-state index is 0.193. The first-order valence-corrected chi connectivity index (χ1v) is 8.43. The minimum atomic E-state index is 0.193. The maximum atomic E-state index is 5.31. The topological polar surface area (TPSA) is 41.9 Å². The van der Waals surface area contributed by atoms with Crippen molar-refractivity contribution in [2.24, 2.45) is 0 Å². The largest absolute Gasteiger partial charge is 0.363 e. The fourth-order valence-electron chi connectivity index (χ4n) is 2.25. The molecule has 0 amide bonds. The van der Waals surface area contributed by atoms with Crippen molar-refractivity contribution in [2.75, 3.05) is 6.54 Å². The van der Waals surface area contributed by atoms with Gasteiger partial charge in [0.1, 0.15) is 0 Å². The number of aryl methyl sites for hydroxylation is 1. The van der Waals surface area contributed by atoms with E-state index in [-0.39, 0.29) is 5.41 Å². The highest BCUT2D eigenvalue weighted by Gasteiger charge is 2.12. The molecule has 23 heavy (non-hydrogen) atoms. The number of hydrogen-bond acceptors (Lipinski definition) is 2. The highest BCUT2D eigenvalue weighted by molar-refractivity contribution is 7.80. The van der Waals surface area contributed by atoms with Gasteiger partial charge in [0.2, 0.25) is 0 Å². The van der Waals surface area contributed by atoms with Gasteiger partial charge in [-0.25, -0.2) is 4.98 Å². The second-order valence-corrected chi connectivity index (χ2v) is 7.12. The summed E-state index contributed by atoms with van der Waals surface area (Å²) in [5.41, 5.74) is 2.78. The Morgan fingerprint density at radius 1 is 1.17 bits per heavy atom. The van der Waals surface area contributed by atoms with Gasteiger partial charge in [-0.15, -0.1) is 0 Å². The van der Waals surface area contributed by atoms with Crippen molar-refractivity contribution in [1.29, 1.82) is 0 Å². The minimum Gasteiger partial charge on any atom is -0.363 e. The van der Waals surface area contributed by atoms with Gasteiger partial charge in [0, 0.05) is 32.0 Å². The van der Waals surface area contributed by atoms with Gasteiger partial charge in [0.15, 0.2) is 5.11 Å². The van der Waals surface area contributed by atoms with Gasteiger partial charge in [-0.3, -0.25) is 0 Å². The molecule has 0 aliphatic heterocycles. The first-order chi connectivity index (χ1) is 10.9. The van der Waals surface area contributed by atoms with Crippen molar-refractivity contribution >= 4 is 17.3 Å². The van der Waals surface area contributed by atoms with Gasteiger partial charge in [0.25, 0.3) is 0 Å². The predicted octanol–water partition coefficient (Wildman–Crippen LogP) is 3.24. The summed E-state index contributed by atoms with van der Waals surface area (Å²) in [5, 5.41) is 7.19. The third kappa shape index (κ3) is 6.02. The molecule has 0 unspecified atom stereocenters. The van der Waals surface area contributed by atoms with Gasteiger partial charge in [0.05, 0.1) is 6.33 Å². The van der Waals surface area contributed by atoms with Gasteiger partial charge >= 0.3 is 0 Å². The average Bonchev–Trinajstić information content (AvgIpc) is 3.02. The fourth-order valence-corrected chi connectivity index (χ4v) is 2.42. The molecule has 0 saturated heterocycles. The standard InChI is InChI=1S/C18H26N4S/c1-18(2,3)16-7-5-15(6-8-16)13-21-17(23)20-9-4-11-22-12-10-19-14-22/h5-8,10,12,14H,4,9,11,13H2,1-3H3,(H2,20,21,23). The molecule has 5 heteroatoms. The Kier molecular flexibility index (Phi) is 6.16. The number of thiocarbonyl (C=S) groups is 1. The van der Waals surface area contributed by atoms with Crippen LogP contribution in [0.3, 0.4) is 0 Å². The summed E-state index contributed by atoms with van der Waals surface area (Å²) in [6.45, 7) is 9.23. The monoisotopic (exact) mass is 330 g/mol. The van der Waals surface area contributed by atoms with Crippen molar-refractivity contribution in [3.05, 3.63) is 54.1 Å². The summed E-state index contributed by atoms with van der Waals surface area (Å²) >= 11 is 5.31. The Hall–Kier alpha value is -1.88. The van der Waals surface area contributed by atoms with Crippen LogP contribution in [0.25, 0.3) is 0 Å². The quantitative estimate of drug-likeness (QED) is 0.630. The molecule has 124 valence electrons. The maximum absolute atomic E-state index is 5.31. The first kappa shape index (κ1) is 17.5. The van der Waals surface area contributed by atoms with E-state index >= 15 is 0 Å². The zero-order valence-corrected chi connectivity index (χ0v) is 15.0. The fraction of sp³-hybridized carbons (Fsp3) is 0.444. The number of hydrogen-bond donors (Lipinski definition) is 2.